The van der Waals surface area contributed by atoms with Crippen molar-refractivity contribution in [2.75, 3.05) is 0 Å². The molecule has 0 amide bonds. The SMILES string of the molecule is OC(c1cccc(Br)c1)c1cc(Br)cc(Br)c1. The van der Waals surface area contributed by atoms with Crippen LogP contribution in [0.25, 0.3) is 0 Å². The maximum atomic E-state index is 10.3. The van der Waals surface area contributed by atoms with Crippen LogP contribution in [-0.2, 0) is 0 Å². The lowest BCUT2D eigenvalue weighted by molar-refractivity contribution is 0.220. The highest BCUT2D eigenvalue weighted by atomic mass is 79.9. The molecule has 2 aromatic rings. The van der Waals surface area contributed by atoms with Crippen LogP contribution in [0.15, 0.2) is 55.9 Å². The van der Waals surface area contributed by atoms with Gasteiger partial charge < -0.3 is 5.11 Å². The van der Waals surface area contributed by atoms with Gasteiger partial charge in [-0.25, -0.2) is 0 Å². The predicted molar refractivity (Wildman–Crippen MR) is 80.0 cm³/mol. The van der Waals surface area contributed by atoms with E-state index in [1.165, 1.54) is 0 Å². The van der Waals surface area contributed by atoms with E-state index < -0.39 is 6.10 Å². The van der Waals surface area contributed by atoms with Gasteiger partial charge in [0.05, 0.1) is 0 Å². The topological polar surface area (TPSA) is 20.2 Å². The minimum Gasteiger partial charge on any atom is -0.384 e. The van der Waals surface area contributed by atoms with Gasteiger partial charge in [-0.05, 0) is 41.5 Å². The van der Waals surface area contributed by atoms with Gasteiger partial charge in [-0.15, -0.1) is 0 Å². The molecule has 0 fully saturated rings. The molecular weight excluding hydrogens is 412 g/mol. The van der Waals surface area contributed by atoms with Gasteiger partial charge in [0.1, 0.15) is 6.10 Å². The zero-order valence-corrected chi connectivity index (χ0v) is 13.5. The number of aliphatic hydroxyl groups excluding tert-OH is 1. The van der Waals surface area contributed by atoms with Crippen molar-refractivity contribution in [1.29, 1.82) is 0 Å². The van der Waals surface area contributed by atoms with Crippen LogP contribution in [0, 0.1) is 0 Å². The van der Waals surface area contributed by atoms with Gasteiger partial charge in [0.15, 0.2) is 0 Å². The first-order chi connectivity index (χ1) is 8.06. The molecule has 0 aliphatic carbocycles. The molecule has 2 aromatic carbocycles. The van der Waals surface area contributed by atoms with E-state index >= 15 is 0 Å². The minimum absolute atomic E-state index is 0.624. The standard InChI is InChI=1S/C13H9Br3O/c14-10-3-1-2-8(4-10)13(17)9-5-11(15)7-12(16)6-9/h1-7,13,17H. The summed E-state index contributed by atoms with van der Waals surface area (Å²) < 4.78 is 2.84. The molecule has 0 spiro atoms. The lowest BCUT2D eigenvalue weighted by Gasteiger charge is -2.12. The largest absolute Gasteiger partial charge is 0.384 e. The van der Waals surface area contributed by atoms with Crippen LogP contribution in [0.5, 0.6) is 0 Å². The smallest absolute Gasteiger partial charge is 0.104 e. The molecule has 88 valence electrons. The predicted octanol–water partition coefficient (Wildman–Crippen LogP) is 5.06. The summed E-state index contributed by atoms with van der Waals surface area (Å²) in [4.78, 5) is 0. The van der Waals surface area contributed by atoms with E-state index in [4.69, 9.17) is 0 Å². The van der Waals surface area contributed by atoms with Crippen molar-refractivity contribution < 1.29 is 5.11 Å². The molecule has 0 bridgehead atoms. The molecule has 1 N–H and O–H groups in total. The molecule has 1 atom stereocenters. The van der Waals surface area contributed by atoms with Gasteiger partial charge in [0.2, 0.25) is 0 Å². The van der Waals surface area contributed by atoms with Gasteiger partial charge in [0.25, 0.3) is 0 Å². The molecule has 0 radical (unpaired) electrons. The van der Waals surface area contributed by atoms with Crippen LogP contribution < -0.4 is 0 Å². The maximum absolute atomic E-state index is 10.3. The molecule has 17 heavy (non-hydrogen) atoms. The molecule has 0 saturated heterocycles. The fraction of sp³-hybridized carbons (Fsp3) is 0.0769. The van der Waals surface area contributed by atoms with Crippen LogP contribution in [0.3, 0.4) is 0 Å². The zero-order valence-electron chi connectivity index (χ0n) is 8.70. The molecule has 4 heteroatoms. The molecule has 0 aromatic heterocycles. The lowest BCUT2D eigenvalue weighted by Crippen LogP contribution is -1.99. The fourth-order valence-electron chi connectivity index (χ4n) is 1.60. The molecule has 0 saturated carbocycles. The van der Waals surface area contributed by atoms with E-state index in [-0.39, 0.29) is 0 Å². The number of rotatable bonds is 2. The van der Waals surface area contributed by atoms with Crippen molar-refractivity contribution in [1.82, 2.24) is 0 Å². The van der Waals surface area contributed by atoms with E-state index in [9.17, 15) is 5.11 Å². The van der Waals surface area contributed by atoms with Crippen molar-refractivity contribution in [2.24, 2.45) is 0 Å². The van der Waals surface area contributed by atoms with E-state index in [0.29, 0.717) is 0 Å². The van der Waals surface area contributed by atoms with Crippen LogP contribution >= 0.6 is 47.8 Å². The number of hydrogen-bond donors (Lipinski definition) is 1. The zero-order chi connectivity index (χ0) is 12.4. The third-order valence-corrected chi connectivity index (χ3v) is 3.77. The number of benzene rings is 2. The average molecular weight is 421 g/mol. The monoisotopic (exact) mass is 418 g/mol. The normalized spacial score (nSPS) is 12.5. The Balaban J connectivity index is 2.39. The Morgan fingerprint density at radius 3 is 1.94 bits per heavy atom. The van der Waals surface area contributed by atoms with Crippen molar-refractivity contribution in [3.8, 4) is 0 Å². The van der Waals surface area contributed by atoms with Gasteiger partial charge >= 0.3 is 0 Å². The third kappa shape index (κ3) is 3.41. The first-order valence-corrected chi connectivity index (χ1v) is 7.33. The van der Waals surface area contributed by atoms with Crippen LogP contribution in [0.1, 0.15) is 17.2 Å². The quantitative estimate of drug-likeness (QED) is 0.720. The van der Waals surface area contributed by atoms with E-state index in [1.54, 1.807) is 0 Å². The molecule has 1 nitrogen and oxygen atoms in total. The summed E-state index contributed by atoms with van der Waals surface area (Å²) in [5.41, 5.74) is 1.72. The van der Waals surface area contributed by atoms with Gasteiger partial charge in [0, 0.05) is 13.4 Å². The Morgan fingerprint density at radius 1 is 0.765 bits per heavy atom. The van der Waals surface area contributed by atoms with Crippen LogP contribution in [0.2, 0.25) is 0 Å². The van der Waals surface area contributed by atoms with Crippen molar-refractivity contribution in [2.45, 2.75) is 6.10 Å². The summed E-state index contributed by atoms with van der Waals surface area (Å²) in [6.45, 7) is 0. The maximum Gasteiger partial charge on any atom is 0.104 e. The Bertz CT molecular complexity index is 520. The molecule has 0 aliphatic heterocycles. The first-order valence-electron chi connectivity index (χ1n) is 4.96. The molecule has 0 heterocycles. The van der Waals surface area contributed by atoms with Gasteiger partial charge in [-0.1, -0.05) is 59.9 Å². The second-order valence-electron chi connectivity index (χ2n) is 3.66. The Kier molecular flexibility index (Phi) is 4.42. The summed E-state index contributed by atoms with van der Waals surface area (Å²) in [5, 5.41) is 10.3. The summed E-state index contributed by atoms with van der Waals surface area (Å²) in [6.07, 6.45) is -0.624. The second-order valence-corrected chi connectivity index (χ2v) is 6.41. The van der Waals surface area contributed by atoms with Gasteiger partial charge in [-0.2, -0.15) is 0 Å². The van der Waals surface area contributed by atoms with Crippen molar-refractivity contribution in [3.05, 3.63) is 67.0 Å². The third-order valence-electron chi connectivity index (χ3n) is 2.37. The fourth-order valence-corrected chi connectivity index (χ4v) is 3.35. The summed E-state index contributed by atoms with van der Waals surface area (Å²) in [5.74, 6) is 0. The highest BCUT2D eigenvalue weighted by Gasteiger charge is 2.11. The van der Waals surface area contributed by atoms with E-state index in [2.05, 4.69) is 47.8 Å². The summed E-state index contributed by atoms with van der Waals surface area (Å²) in [7, 11) is 0. The van der Waals surface area contributed by atoms with Crippen LogP contribution in [0.4, 0.5) is 0 Å². The van der Waals surface area contributed by atoms with Crippen LogP contribution in [-0.4, -0.2) is 5.11 Å². The lowest BCUT2D eigenvalue weighted by atomic mass is 10.0. The van der Waals surface area contributed by atoms with Gasteiger partial charge in [-0.3, -0.25) is 0 Å². The van der Waals surface area contributed by atoms with E-state index in [1.807, 2.05) is 42.5 Å². The first kappa shape index (κ1) is 13.3. The molecular formula is C13H9Br3O. The molecule has 1 unspecified atom stereocenters. The number of hydrogen-bond acceptors (Lipinski definition) is 1. The summed E-state index contributed by atoms with van der Waals surface area (Å²) >= 11 is 10.2. The van der Waals surface area contributed by atoms with Crippen molar-refractivity contribution in [3.63, 3.8) is 0 Å². The summed E-state index contributed by atoms with van der Waals surface area (Å²) in [6, 6.07) is 13.4. The Morgan fingerprint density at radius 2 is 1.35 bits per heavy atom. The average Bonchev–Trinajstić information content (AvgIpc) is 2.26. The van der Waals surface area contributed by atoms with Crippen molar-refractivity contribution >= 4 is 47.8 Å². The van der Waals surface area contributed by atoms with E-state index in [0.717, 1.165) is 24.5 Å². The Labute approximate surface area is 125 Å². The highest BCUT2D eigenvalue weighted by Crippen LogP contribution is 2.29. The molecule has 0 aliphatic rings. The molecule has 2 rings (SSSR count). The Hall–Kier alpha value is -0.160. The minimum atomic E-state index is -0.624. The number of aliphatic hydroxyl groups is 1. The second kappa shape index (κ2) is 5.65. The number of halogens is 3. The highest BCUT2D eigenvalue weighted by molar-refractivity contribution is 9.11.